The number of para-hydroxylation sites is 2. The molecule has 0 aliphatic carbocycles. The maximum absolute atomic E-state index is 12.2. The third-order valence-electron chi connectivity index (χ3n) is 7.59. The number of alkyl halides is 1. The number of ketones is 2. The molecular formula is C38H43BrN2O4. The zero-order valence-corrected chi connectivity index (χ0v) is 27.3. The number of hydrogen-bond acceptors (Lipinski definition) is 6. The van der Waals surface area contributed by atoms with E-state index in [1.54, 1.807) is 0 Å². The van der Waals surface area contributed by atoms with Crippen LogP contribution in [0.1, 0.15) is 46.4 Å². The number of ether oxygens (including phenoxy) is 2. The summed E-state index contributed by atoms with van der Waals surface area (Å²) in [5.41, 5.74) is 1.56. The maximum atomic E-state index is 12.2. The van der Waals surface area contributed by atoms with E-state index in [1.807, 2.05) is 121 Å². The Morgan fingerprint density at radius 1 is 0.600 bits per heavy atom. The zero-order valence-electron chi connectivity index (χ0n) is 25.7. The van der Waals surface area contributed by atoms with E-state index in [-0.39, 0.29) is 17.7 Å². The third-order valence-corrected chi connectivity index (χ3v) is 8.10. The Morgan fingerprint density at radius 2 is 1.00 bits per heavy atom. The molecule has 1 N–H and O–H groups in total. The third kappa shape index (κ3) is 12.6. The highest BCUT2D eigenvalue weighted by Crippen LogP contribution is 2.19. The molecule has 0 radical (unpaired) electrons. The Labute approximate surface area is 275 Å². The van der Waals surface area contributed by atoms with E-state index in [1.165, 1.54) is 0 Å². The van der Waals surface area contributed by atoms with E-state index in [4.69, 9.17) is 9.47 Å². The highest BCUT2D eigenvalue weighted by Gasteiger charge is 2.22. The fraction of sp³-hybridized carbons (Fsp3) is 0.316. The number of piperidine rings is 2. The van der Waals surface area contributed by atoms with Crippen LogP contribution in [0.2, 0.25) is 0 Å². The Balaban J connectivity index is 0.000000170. The summed E-state index contributed by atoms with van der Waals surface area (Å²) in [7, 11) is 0. The van der Waals surface area contributed by atoms with Crippen molar-refractivity contribution < 1.29 is 19.1 Å². The Morgan fingerprint density at radius 3 is 1.44 bits per heavy atom. The number of likely N-dealkylation sites (tertiary alicyclic amines) is 1. The van der Waals surface area contributed by atoms with E-state index in [0.29, 0.717) is 18.0 Å². The van der Waals surface area contributed by atoms with Crippen molar-refractivity contribution in [2.24, 2.45) is 0 Å². The van der Waals surface area contributed by atoms with Crippen molar-refractivity contribution in [3.05, 3.63) is 132 Å². The first-order chi connectivity index (χ1) is 22.1. The van der Waals surface area contributed by atoms with Crippen molar-refractivity contribution >= 4 is 27.5 Å². The molecule has 2 aliphatic heterocycles. The standard InChI is InChI=1S/C19H21NO2.C11H15NO.C8H7BrO/c21-19(16-7-3-1-4-8-16)15-20-13-11-18(12-14-20)22-17-9-5-2-6-10-17;1-2-4-10(5-3-1)13-11-6-8-12-9-7-11;9-6-8(10)7-4-2-1-3-5-7/h1-10,18H,11-15H2;1-5,11-12H,6-9H2;1-5H,6H2. The van der Waals surface area contributed by atoms with Crippen LogP contribution in [-0.2, 0) is 0 Å². The highest BCUT2D eigenvalue weighted by atomic mass is 79.9. The van der Waals surface area contributed by atoms with E-state index in [0.717, 1.165) is 74.5 Å². The molecule has 7 heteroatoms. The van der Waals surface area contributed by atoms with Crippen LogP contribution in [0.25, 0.3) is 0 Å². The molecule has 4 aromatic rings. The summed E-state index contributed by atoms with van der Waals surface area (Å²) >= 11 is 3.10. The quantitative estimate of drug-likeness (QED) is 0.147. The first-order valence-electron chi connectivity index (χ1n) is 15.7. The predicted octanol–water partition coefficient (Wildman–Crippen LogP) is 7.49. The van der Waals surface area contributed by atoms with Gasteiger partial charge < -0.3 is 14.8 Å². The van der Waals surface area contributed by atoms with Crippen molar-refractivity contribution in [1.29, 1.82) is 0 Å². The number of carbonyl (C=O) groups excluding carboxylic acids is 2. The van der Waals surface area contributed by atoms with Gasteiger partial charge in [0.2, 0.25) is 0 Å². The number of nitrogens with zero attached hydrogens (tertiary/aromatic N) is 1. The van der Waals surface area contributed by atoms with Gasteiger partial charge in [-0.15, -0.1) is 0 Å². The first kappa shape index (κ1) is 34.1. The number of rotatable bonds is 9. The zero-order chi connectivity index (χ0) is 31.5. The molecule has 2 heterocycles. The van der Waals surface area contributed by atoms with Gasteiger partial charge in [-0.05, 0) is 63.0 Å². The molecule has 0 unspecified atom stereocenters. The Bertz CT molecular complexity index is 1380. The minimum atomic E-state index is 0.126. The minimum Gasteiger partial charge on any atom is -0.490 e. The molecule has 0 spiro atoms. The molecule has 2 fully saturated rings. The lowest BCUT2D eigenvalue weighted by Gasteiger charge is -2.31. The fourth-order valence-corrected chi connectivity index (χ4v) is 5.42. The van der Waals surface area contributed by atoms with Crippen LogP contribution < -0.4 is 14.8 Å². The molecule has 0 saturated carbocycles. The van der Waals surface area contributed by atoms with Crippen LogP contribution in [0.4, 0.5) is 0 Å². The summed E-state index contributed by atoms with van der Waals surface area (Å²) < 4.78 is 11.8. The van der Waals surface area contributed by atoms with Gasteiger partial charge in [0.15, 0.2) is 11.6 Å². The Kier molecular flexibility index (Phi) is 14.8. The summed E-state index contributed by atoms with van der Waals surface area (Å²) in [6.45, 7) is 4.49. The number of hydrogen-bond donors (Lipinski definition) is 1. The molecule has 0 aromatic heterocycles. The van der Waals surface area contributed by atoms with Gasteiger partial charge in [-0.2, -0.15) is 0 Å². The smallest absolute Gasteiger partial charge is 0.176 e. The number of carbonyl (C=O) groups is 2. The predicted molar refractivity (Wildman–Crippen MR) is 185 cm³/mol. The van der Waals surface area contributed by atoms with Crippen LogP contribution >= 0.6 is 15.9 Å². The van der Waals surface area contributed by atoms with Gasteiger partial charge in [0.25, 0.3) is 0 Å². The lowest BCUT2D eigenvalue weighted by molar-refractivity contribution is 0.0790. The molecular weight excluding hydrogens is 628 g/mol. The molecule has 6 rings (SSSR count). The first-order valence-corrected chi connectivity index (χ1v) is 16.8. The van der Waals surface area contributed by atoms with E-state index < -0.39 is 0 Å². The van der Waals surface area contributed by atoms with Crippen molar-refractivity contribution in [3.63, 3.8) is 0 Å². The van der Waals surface area contributed by atoms with Crippen LogP contribution in [0, 0.1) is 0 Å². The number of benzene rings is 4. The van der Waals surface area contributed by atoms with Gasteiger partial charge in [0, 0.05) is 24.2 Å². The Hall–Kier alpha value is -3.78. The minimum absolute atomic E-state index is 0.126. The molecule has 0 amide bonds. The van der Waals surface area contributed by atoms with E-state index >= 15 is 0 Å². The highest BCUT2D eigenvalue weighted by molar-refractivity contribution is 9.09. The monoisotopic (exact) mass is 670 g/mol. The molecule has 4 aromatic carbocycles. The SMILES string of the molecule is O=C(CBr)c1ccccc1.O=C(CN1CCC(Oc2ccccc2)CC1)c1ccccc1.c1ccc(OC2CCNCC2)cc1. The molecule has 6 nitrogen and oxygen atoms in total. The summed E-state index contributed by atoms with van der Waals surface area (Å²) in [6.07, 6.45) is 4.84. The molecule has 0 bridgehead atoms. The molecule has 45 heavy (non-hydrogen) atoms. The van der Waals surface area contributed by atoms with Crippen molar-refractivity contribution in [2.75, 3.05) is 38.1 Å². The van der Waals surface area contributed by atoms with Gasteiger partial charge in [-0.1, -0.05) is 113 Å². The summed E-state index contributed by atoms with van der Waals surface area (Å²) in [5.74, 6) is 2.25. The average molecular weight is 672 g/mol. The van der Waals surface area contributed by atoms with Gasteiger partial charge in [-0.3, -0.25) is 14.5 Å². The summed E-state index contributed by atoms with van der Waals surface area (Å²) in [5, 5.41) is 3.72. The maximum Gasteiger partial charge on any atom is 0.176 e. The van der Waals surface area contributed by atoms with E-state index in [2.05, 4.69) is 26.1 Å². The van der Waals surface area contributed by atoms with Crippen LogP contribution in [-0.4, -0.2) is 66.7 Å². The van der Waals surface area contributed by atoms with Crippen molar-refractivity contribution in [2.45, 2.75) is 37.9 Å². The van der Waals surface area contributed by atoms with Crippen molar-refractivity contribution in [1.82, 2.24) is 10.2 Å². The topological polar surface area (TPSA) is 67.9 Å². The van der Waals surface area contributed by atoms with Crippen molar-refractivity contribution in [3.8, 4) is 11.5 Å². The number of Topliss-reactive ketones (excluding diaryl/α,β-unsaturated/α-hetero) is 2. The van der Waals surface area contributed by atoms with Crippen LogP contribution in [0.15, 0.2) is 121 Å². The van der Waals surface area contributed by atoms with Gasteiger partial charge in [0.05, 0.1) is 11.9 Å². The molecule has 2 saturated heterocycles. The lowest BCUT2D eigenvalue weighted by atomic mass is 10.1. The molecule has 2 aliphatic rings. The van der Waals surface area contributed by atoms with Gasteiger partial charge >= 0.3 is 0 Å². The van der Waals surface area contributed by atoms with Gasteiger partial charge in [0.1, 0.15) is 23.7 Å². The van der Waals surface area contributed by atoms with Gasteiger partial charge in [-0.25, -0.2) is 0 Å². The fourth-order valence-electron chi connectivity index (χ4n) is 5.10. The average Bonchev–Trinajstić information content (AvgIpc) is 3.11. The second kappa shape index (κ2) is 19.6. The normalized spacial score (nSPS) is 15.4. The molecule has 0 atom stereocenters. The lowest BCUT2D eigenvalue weighted by Crippen LogP contribution is -2.40. The number of halogens is 1. The number of nitrogens with one attached hydrogen (secondary N) is 1. The largest absolute Gasteiger partial charge is 0.490 e. The summed E-state index contributed by atoms with van der Waals surface area (Å²) in [6, 6.07) is 38.8. The van der Waals surface area contributed by atoms with Crippen LogP contribution in [0.5, 0.6) is 11.5 Å². The second-order valence-corrected chi connectivity index (χ2v) is 11.6. The molecule has 236 valence electrons. The van der Waals surface area contributed by atoms with E-state index in [9.17, 15) is 9.59 Å². The summed E-state index contributed by atoms with van der Waals surface area (Å²) in [4.78, 5) is 25.4. The van der Waals surface area contributed by atoms with Crippen LogP contribution in [0.3, 0.4) is 0 Å². The second-order valence-electron chi connectivity index (χ2n) is 11.0.